The Morgan fingerprint density at radius 1 is 1.19 bits per heavy atom. The van der Waals surface area contributed by atoms with Crippen LogP contribution in [0.3, 0.4) is 0 Å². The topological polar surface area (TPSA) is 66.7 Å². The summed E-state index contributed by atoms with van der Waals surface area (Å²) >= 11 is 0. The average molecular weight is 367 g/mol. The number of carboxylic acids is 1. The summed E-state index contributed by atoms with van der Waals surface area (Å²) in [4.78, 5) is 22.4. The monoisotopic (exact) mass is 367 g/mol. The van der Waals surface area contributed by atoms with Gasteiger partial charge in [-0.2, -0.15) is 0 Å². The zero-order chi connectivity index (χ0) is 20.1. The van der Waals surface area contributed by atoms with Gasteiger partial charge in [0, 0.05) is 0 Å². The van der Waals surface area contributed by atoms with Gasteiger partial charge in [0.2, 0.25) is 0 Å². The number of nitrogens with zero attached hydrogens (tertiary/aromatic N) is 1. The largest absolute Gasteiger partial charge is 0.478 e. The Bertz CT molecular complexity index is 767. The number of carbonyl (C=O) groups is 1. The highest BCUT2D eigenvalue weighted by molar-refractivity contribution is 5.87. The molecule has 0 heterocycles. The van der Waals surface area contributed by atoms with Gasteiger partial charge in [-0.1, -0.05) is 75.4 Å². The van der Waals surface area contributed by atoms with Crippen LogP contribution < -0.4 is 0 Å². The van der Waals surface area contributed by atoms with Crippen LogP contribution in [-0.4, -0.2) is 17.1 Å². The number of nitroso groups, excluding NO2 is 1. The van der Waals surface area contributed by atoms with Gasteiger partial charge in [0.05, 0.1) is 5.56 Å². The van der Waals surface area contributed by atoms with Crippen molar-refractivity contribution in [2.24, 2.45) is 16.0 Å². The normalized spacial score (nSPS) is 20.2. The predicted molar refractivity (Wildman–Crippen MR) is 111 cm³/mol. The molecule has 0 saturated heterocycles. The lowest BCUT2D eigenvalue weighted by Gasteiger charge is -2.32. The standard InChI is InChI=1S/C23H29NO3/c1-22(2)14-5-6-18(13-15-23(3,4)16-22)20(24-27)12-9-17-7-10-19(11-8-17)21(25)26/h6-13,15,20H,5,14,16H2,1-4H3,(H,25,26). The molecule has 4 nitrogen and oxygen atoms in total. The molecular formula is C23H29NO3. The molecule has 0 amide bonds. The van der Waals surface area contributed by atoms with Gasteiger partial charge >= 0.3 is 5.97 Å². The second-order valence-corrected chi connectivity index (χ2v) is 8.74. The van der Waals surface area contributed by atoms with Gasteiger partial charge in [0.1, 0.15) is 6.04 Å². The van der Waals surface area contributed by atoms with Crippen molar-refractivity contribution in [2.45, 2.75) is 53.0 Å². The molecule has 4 heteroatoms. The molecule has 1 unspecified atom stereocenters. The second kappa shape index (κ2) is 8.47. The van der Waals surface area contributed by atoms with Gasteiger partial charge < -0.3 is 5.11 Å². The average Bonchev–Trinajstić information content (AvgIpc) is 2.63. The van der Waals surface area contributed by atoms with Gasteiger partial charge in [-0.3, -0.25) is 0 Å². The smallest absolute Gasteiger partial charge is 0.335 e. The zero-order valence-electron chi connectivity index (χ0n) is 16.6. The van der Waals surface area contributed by atoms with Crippen LogP contribution in [0.5, 0.6) is 0 Å². The molecule has 27 heavy (non-hydrogen) atoms. The second-order valence-electron chi connectivity index (χ2n) is 8.74. The number of allylic oxidation sites excluding steroid dienone is 2. The van der Waals surface area contributed by atoms with Gasteiger partial charge in [-0.25, -0.2) is 4.79 Å². The summed E-state index contributed by atoms with van der Waals surface area (Å²) in [6.07, 6.45) is 13.0. The van der Waals surface area contributed by atoms with Crippen LogP contribution in [0.1, 0.15) is 62.9 Å². The maximum atomic E-state index is 11.5. The third-order valence-electron chi connectivity index (χ3n) is 4.95. The number of benzene rings is 1. The maximum Gasteiger partial charge on any atom is 0.335 e. The first-order valence-corrected chi connectivity index (χ1v) is 9.35. The first-order chi connectivity index (χ1) is 12.6. The molecule has 1 atom stereocenters. The number of aromatic carboxylic acids is 1. The molecule has 0 bridgehead atoms. The van der Waals surface area contributed by atoms with Crippen molar-refractivity contribution in [3.8, 4) is 0 Å². The summed E-state index contributed by atoms with van der Waals surface area (Å²) in [5.74, 6) is -0.954. The molecule has 0 spiro atoms. The Hall–Kier alpha value is -2.49. The van der Waals surface area contributed by atoms with E-state index in [1.807, 2.05) is 12.2 Å². The van der Waals surface area contributed by atoms with Crippen LogP contribution in [-0.2, 0) is 0 Å². The molecule has 1 aromatic rings. The molecule has 144 valence electrons. The van der Waals surface area contributed by atoms with Crippen LogP contribution >= 0.6 is 0 Å². The molecule has 1 aromatic carbocycles. The summed E-state index contributed by atoms with van der Waals surface area (Å²) in [5, 5.41) is 12.3. The lowest BCUT2D eigenvalue weighted by Crippen LogP contribution is -2.21. The van der Waals surface area contributed by atoms with E-state index in [1.54, 1.807) is 30.3 Å². The fraction of sp³-hybridized carbons (Fsp3) is 0.435. The molecule has 1 N–H and O–H groups in total. The molecule has 1 aliphatic rings. The van der Waals surface area contributed by atoms with E-state index < -0.39 is 12.0 Å². The summed E-state index contributed by atoms with van der Waals surface area (Å²) in [5.41, 5.74) is 2.28. The van der Waals surface area contributed by atoms with E-state index in [-0.39, 0.29) is 16.4 Å². The first kappa shape index (κ1) is 20.8. The molecule has 0 fully saturated rings. The fourth-order valence-corrected chi connectivity index (χ4v) is 3.77. The zero-order valence-corrected chi connectivity index (χ0v) is 16.6. The molecule has 0 aliphatic heterocycles. The fourth-order valence-electron chi connectivity index (χ4n) is 3.77. The molecular weight excluding hydrogens is 338 g/mol. The minimum Gasteiger partial charge on any atom is -0.478 e. The van der Waals surface area contributed by atoms with Crippen molar-refractivity contribution < 1.29 is 9.90 Å². The van der Waals surface area contributed by atoms with Crippen LogP contribution in [0, 0.1) is 15.7 Å². The highest BCUT2D eigenvalue weighted by Crippen LogP contribution is 2.39. The molecule has 0 saturated carbocycles. The summed E-state index contributed by atoms with van der Waals surface area (Å²) < 4.78 is 0. The Morgan fingerprint density at radius 2 is 1.85 bits per heavy atom. The molecule has 0 radical (unpaired) electrons. The Kier molecular flexibility index (Phi) is 6.53. The van der Waals surface area contributed by atoms with Crippen molar-refractivity contribution >= 4 is 12.0 Å². The number of hydrogen-bond donors (Lipinski definition) is 1. The highest BCUT2D eigenvalue weighted by Gasteiger charge is 2.27. The SMILES string of the molecule is CC1(C)C=CC(C(C=Cc2ccc(C(=O)O)cc2)N=O)=CCCC(C)(C)C1. The van der Waals surface area contributed by atoms with Crippen molar-refractivity contribution in [1.82, 2.24) is 0 Å². The van der Waals surface area contributed by atoms with Gasteiger partial charge in [-0.05, 0) is 53.4 Å². The van der Waals surface area contributed by atoms with Gasteiger partial charge in [0.25, 0.3) is 0 Å². The third kappa shape index (κ3) is 6.31. The highest BCUT2D eigenvalue weighted by atomic mass is 16.4. The van der Waals surface area contributed by atoms with Crippen molar-refractivity contribution in [3.63, 3.8) is 0 Å². The van der Waals surface area contributed by atoms with E-state index in [0.717, 1.165) is 30.4 Å². The lowest BCUT2D eigenvalue weighted by molar-refractivity contribution is 0.0697. The van der Waals surface area contributed by atoms with Crippen molar-refractivity contribution in [1.29, 1.82) is 0 Å². The summed E-state index contributed by atoms with van der Waals surface area (Å²) in [6.45, 7) is 9.02. The van der Waals surface area contributed by atoms with Crippen LogP contribution in [0.25, 0.3) is 6.08 Å². The lowest BCUT2D eigenvalue weighted by atomic mass is 9.73. The number of hydrogen-bond acceptors (Lipinski definition) is 3. The Balaban J connectivity index is 2.22. The van der Waals surface area contributed by atoms with E-state index >= 15 is 0 Å². The predicted octanol–water partition coefficient (Wildman–Crippen LogP) is 6.25. The van der Waals surface area contributed by atoms with Crippen molar-refractivity contribution in [2.75, 3.05) is 0 Å². The van der Waals surface area contributed by atoms with Crippen LogP contribution in [0.15, 0.2) is 59.3 Å². The third-order valence-corrected chi connectivity index (χ3v) is 4.95. The first-order valence-electron chi connectivity index (χ1n) is 9.35. The van der Waals surface area contributed by atoms with Crippen LogP contribution in [0.2, 0.25) is 0 Å². The molecule has 0 aromatic heterocycles. The minimum absolute atomic E-state index is 0.0523. The summed E-state index contributed by atoms with van der Waals surface area (Å²) in [6, 6.07) is 5.99. The molecule has 2 rings (SSSR count). The minimum atomic E-state index is -0.954. The van der Waals surface area contributed by atoms with Gasteiger partial charge in [-0.15, -0.1) is 4.91 Å². The Labute approximate surface area is 161 Å². The van der Waals surface area contributed by atoms with E-state index in [4.69, 9.17) is 5.11 Å². The number of rotatable bonds is 5. The van der Waals surface area contributed by atoms with Crippen molar-refractivity contribution in [3.05, 3.63) is 70.2 Å². The van der Waals surface area contributed by atoms with Gasteiger partial charge in [0.15, 0.2) is 0 Å². The van der Waals surface area contributed by atoms with E-state index in [1.165, 1.54) is 0 Å². The van der Waals surface area contributed by atoms with E-state index in [2.05, 4.69) is 45.0 Å². The quantitative estimate of drug-likeness (QED) is 0.625. The summed E-state index contributed by atoms with van der Waals surface area (Å²) in [7, 11) is 0. The Morgan fingerprint density at radius 3 is 2.44 bits per heavy atom. The maximum absolute atomic E-state index is 11.5. The van der Waals surface area contributed by atoms with Crippen LogP contribution in [0.4, 0.5) is 0 Å². The number of carboxylic acid groups (broad SMARTS) is 1. The van der Waals surface area contributed by atoms with E-state index in [0.29, 0.717) is 0 Å². The van der Waals surface area contributed by atoms with E-state index in [9.17, 15) is 9.70 Å². The molecule has 1 aliphatic carbocycles.